The average molecular weight is 459 g/mol. The van der Waals surface area contributed by atoms with Crippen LogP contribution in [0.25, 0.3) is 0 Å². The topological polar surface area (TPSA) is 84.9 Å². The second kappa shape index (κ2) is 10.6. The third-order valence-electron chi connectivity index (χ3n) is 5.09. The van der Waals surface area contributed by atoms with Crippen molar-refractivity contribution in [2.75, 3.05) is 19.7 Å². The lowest BCUT2D eigenvalue weighted by Crippen LogP contribution is -2.43. The van der Waals surface area contributed by atoms with Gasteiger partial charge in [-0.3, -0.25) is 9.59 Å². The molecule has 32 heavy (non-hydrogen) atoms. The van der Waals surface area contributed by atoms with E-state index in [0.29, 0.717) is 25.9 Å². The molecule has 0 saturated carbocycles. The minimum Gasteiger partial charge on any atom is -0.455 e. The number of hydrogen-bond acceptors (Lipinski definition) is 6. The second-order valence-corrected chi connectivity index (χ2v) is 9.76. The van der Waals surface area contributed by atoms with Crippen molar-refractivity contribution in [3.8, 4) is 0 Å². The molecule has 1 saturated heterocycles. The Balaban J connectivity index is 1.47. The highest BCUT2D eigenvalue weighted by Crippen LogP contribution is 2.26. The Morgan fingerprint density at radius 2 is 1.78 bits per heavy atom. The molecule has 1 unspecified atom stereocenters. The third-order valence-corrected chi connectivity index (χ3v) is 6.03. The molecular formula is C24H30N2O5S. The molecule has 0 radical (unpaired) electrons. The molecule has 172 valence electrons. The van der Waals surface area contributed by atoms with Crippen LogP contribution in [-0.2, 0) is 19.1 Å². The fourth-order valence-electron chi connectivity index (χ4n) is 3.50. The molecule has 1 aromatic heterocycles. The zero-order valence-electron chi connectivity index (χ0n) is 18.7. The number of carbonyl (C=O) groups is 3. The Labute approximate surface area is 192 Å². The van der Waals surface area contributed by atoms with Gasteiger partial charge in [-0.2, -0.15) is 0 Å². The maximum Gasteiger partial charge on any atom is 0.410 e. The number of hydrogen-bond donors (Lipinski definition) is 1. The molecule has 0 aliphatic carbocycles. The Bertz CT molecular complexity index is 900. The molecule has 2 heterocycles. The van der Waals surface area contributed by atoms with Crippen molar-refractivity contribution >= 4 is 29.3 Å². The maximum atomic E-state index is 12.5. The van der Waals surface area contributed by atoms with Gasteiger partial charge in [-0.15, -0.1) is 11.3 Å². The molecule has 1 fully saturated rings. The summed E-state index contributed by atoms with van der Waals surface area (Å²) in [6, 6.07) is 13.3. The Morgan fingerprint density at radius 3 is 2.38 bits per heavy atom. The van der Waals surface area contributed by atoms with Crippen LogP contribution in [0.15, 0.2) is 47.8 Å². The van der Waals surface area contributed by atoms with E-state index in [1.807, 2.05) is 68.6 Å². The molecule has 0 spiro atoms. The van der Waals surface area contributed by atoms with Crippen LogP contribution in [0.5, 0.6) is 0 Å². The van der Waals surface area contributed by atoms with E-state index >= 15 is 0 Å². The van der Waals surface area contributed by atoms with Crippen LogP contribution < -0.4 is 5.32 Å². The zero-order valence-corrected chi connectivity index (χ0v) is 19.5. The molecule has 1 N–H and O–H groups in total. The van der Waals surface area contributed by atoms with E-state index < -0.39 is 11.6 Å². The monoisotopic (exact) mass is 458 g/mol. The molecular weight excluding hydrogens is 428 g/mol. The van der Waals surface area contributed by atoms with E-state index in [4.69, 9.17) is 9.47 Å². The van der Waals surface area contributed by atoms with Gasteiger partial charge in [0.15, 0.2) is 6.61 Å². The summed E-state index contributed by atoms with van der Waals surface area (Å²) in [7, 11) is 0. The summed E-state index contributed by atoms with van der Waals surface area (Å²) in [6.45, 7) is 5.98. The predicted molar refractivity (Wildman–Crippen MR) is 122 cm³/mol. The lowest BCUT2D eigenvalue weighted by molar-refractivity contribution is -0.154. The van der Waals surface area contributed by atoms with E-state index in [1.165, 1.54) is 0 Å². The predicted octanol–water partition coefficient (Wildman–Crippen LogP) is 4.14. The van der Waals surface area contributed by atoms with E-state index in [9.17, 15) is 14.4 Å². The quantitative estimate of drug-likeness (QED) is 0.658. The Kier molecular flexibility index (Phi) is 7.90. The van der Waals surface area contributed by atoms with Gasteiger partial charge in [0.25, 0.3) is 5.91 Å². The van der Waals surface area contributed by atoms with Gasteiger partial charge in [0.05, 0.1) is 12.0 Å². The van der Waals surface area contributed by atoms with Gasteiger partial charge >= 0.3 is 12.1 Å². The zero-order chi connectivity index (χ0) is 23.1. The van der Waals surface area contributed by atoms with Crippen molar-refractivity contribution in [3.05, 3.63) is 58.3 Å². The van der Waals surface area contributed by atoms with Crippen molar-refractivity contribution in [2.45, 2.75) is 45.3 Å². The van der Waals surface area contributed by atoms with Crippen LogP contribution >= 0.6 is 11.3 Å². The van der Waals surface area contributed by atoms with Crippen LogP contribution in [0.4, 0.5) is 4.79 Å². The molecule has 1 aromatic carbocycles. The molecule has 1 aliphatic rings. The molecule has 2 aromatic rings. The maximum absolute atomic E-state index is 12.5. The Morgan fingerprint density at radius 1 is 1.09 bits per heavy atom. The van der Waals surface area contributed by atoms with Crippen LogP contribution in [0.3, 0.4) is 0 Å². The summed E-state index contributed by atoms with van der Waals surface area (Å²) in [5, 5.41) is 4.92. The molecule has 8 heteroatoms. The minimum absolute atomic E-state index is 0.292. The first kappa shape index (κ1) is 23.8. The summed E-state index contributed by atoms with van der Waals surface area (Å²) in [4.78, 5) is 39.8. The number of thiophene rings is 1. The summed E-state index contributed by atoms with van der Waals surface area (Å²) in [6.07, 6.45) is 0.604. The fraction of sp³-hybridized carbons (Fsp3) is 0.458. The number of benzene rings is 1. The van der Waals surface area contributed by atoms with Crippen LogP contribution in [-0.4, -0.2) is 48.2 Å². The lowest BCUT2D eigenvalue weighted by atomic mass is 9.97. The van der Waals surface area contributed by atoms with Crippen LogP contribution in [0.2, 0.25) is 0 Å². The number of amides is 2. The number of nitrogens with zero attached hydrogens (tertiary/aromatic N) is 1. The van der Waals surface area contributed by atoms with E-state index in [2.05, 4.69) is 5.32 Å². The normalized spacial score (nSPS) is 15.7. The van der Waals surface area contributed by atoms with Crippen LogP contribution in [0, 0.1) is 5.92 Å². The van der Waals surface area contributed by atoms with Gasteiger partial charge in [0, 0.05) is 18.0 Å². The highest BCUT2D eigenvalue weighted by Gasteiger charge is 2.31. The first-order chi connectivity index (χ1) is 15.2. The number of likely N-dealkylation sites (tertiary alicyclic amines) is 1. The number of ether oxygens (including phenoxy) is 2. The first-order valence-electron chi connectivity index (χ1n) is 10.8. The largest absolute Gasteiger partial charge is 0.455 e. The van der Waals surface area contributed by atoms with Gasteiger partial charge in [-0.25, -0.2) is 4.79 Å². The molecule has 0 bridgehead atoms. The summed E-state index contributed by atoms with van der Waals surface area (Å²) in [5.41, 5.74) is 0.408. The molecule has 1 atom stereocenters. The lowest BCUT2D eigenvalue weighted by Gasteiger charge is -2.32. The number of piperidine rings is 1. The molecule has 2 amide bonds. The highest BCUT2D eigenvalue weighted by molar-refractivity contribution is 7.10. The number of nitrogens with one attached hydrogen (secondary N) is 1. The van der Waals surface area contributed by atoms with E-state index in [1.54, 1.807) is 16.2 Å². The van der Waals surface area contributed by atoms with Gasteiger partial charge in [0.1, 0.15) is 5.60 Å². The highest BCUT2D eigenvalue weighted by atomic mass is 32.1. The Hall–Kier alpha value is -2.87. The van der Waals surface area contributed by atoms with Crippen molar-refractivity contribution < 1.29 is 23.9 Å². The SMILES string of the molecule is CC(C)(C)OC(=O)N1CCC(C(=O)OCC(=O)NC(c2ccccc2)c2cccs2)CC1. The summed E-state index contributed by atoms with van der Waals surface area (Å²) in [5.74, 6) is -1.09. The summed E-state index contributed by atoms with van der Waals surface area (Å²) >= 11 is 1.56. The standard InChI is InChI=1S/C24H30N2O5S/c1-24(2,3)31-23(29)26-13-11-18(12-14-26)22(28)30-16-20(27)25-21(19-10-7-15-32-19)17-8-5-4-6-9-17/h4-10,15,18,21H,11-14,16H2,1-3H3,(H,25,27). The molecule has 7 nitrogen and oxygen atoms in total. The number of esters is 1. The van der Waals surface area contributed by atoms with E-state index in [0.717, 1.165) is 10.4 Å². The van der Waals surface area contributed by atoms with Gasteiger partial charge in [-0.1, -0.05) is 36.4 Å². The van der Waals surface area contributed by atoms with E-state index in [-0.39, 0.29) is 30.6 Å². The third kappa shape index (κ3) is 6.82. The van der Waals surface area contributed by atoms with Crippen molar-refractivity contribution in [1.29, 1.82) is 0 Å². The minimum atomic E-state index is -0.555. The van der Waals surface area contributed by atoms with Crippen molar-refractivity contribution in [1.82, 2.24) is 10.2 Å². The van der Waals surface area contributed by atoms with Gasteiger partial charge in [-0.05, 0) is 50.6 Å². The van der Waals surface area contributed by atoms with Gasteiger partial charge in [0.2, 0.25) is 0 Å². The van der Waals surface area contributed by atoms with Gasteiger partial charge < -0.3 is 19.7 Å². The second-order valence-electron chi connectivity index (χ2n) is 8.78. The average Bonchev–Trinajstić information content (AvgIpc) is 3.30. The van der Waals surface area contributed by atoms with Crippen molar-refractivity contribution in [2.24, 2.45) is 5.92 Å². The number of carbonyl (C=O) groups excluding carboxylic acids is 3. The van der Waals surface area contributed by atoms with Crippen molar-refractivity contribution in [3.63, 3.8) is 0 Å². The molecule has 3 rings (SSSR count). The smallest absolute Gasteiger partial charge is 0.410 e. The molecule has 1 aliphatic heterocycles. The van der Waals surface area contributed by atoms with Crippen LogP contribution in [0.1, 0.15) is 50.1 Å². The number of rotatable bonds is 6. The summed E-state index contributed by atoms with van der Waals surface area (Å²) < 4.78 is 10.7. The fourth-order valence-corrected chi connectivity index (χ4v) is 4.30. The first-order valence-corrected chi connectivity index (χ1v) is 11.6.